The first-order valence-corrected chi connectivity index (χ1v) is 5.03. The lowest BCUT2D eigenvalue weighted by Gasteiger charge is -2.08. The molecule has 1 nitrogen and oxygen atoms in total. The smallest absolute Gasteiger partial charge is 0.312 e. The molecule has 0 heterocycles. The zero-order valence-electron chi connectivity index (χ0n) is 8.90. The maximum absolute atomic E-state index is 12.2. The van der Waals surface area contributed by atoms with Crippen molar-refractivity contribution < 1.29 is 22.0 Å². The van der Waals surface area contributed by atoms with Crippen molar-refractivity contribution in [3.63, 3.8) is 0 Å². The van der Waals surface area contributed by atoms with Gasteiger partial charge < -0.3 is 5.32 Å². The second-order valence-corrected chi connectivity index (χ2v) is 3.58. The van der Waals surface area contributed by atoms with Crippen LogP contribution in [0.4, 0.5) is 22.0 Å². The molecule has 0 fully saturated rings. The Morgan fingerprint density at radius 1 is 1.06 bits per heavy atom. The molecule has 0 atom stereocenters. The normalized spacial score (nSPS) is 12.1. The Balaban J connectivity index is 2.33. The molecule has 0 radical (unpaired) electrons. The van der Waals surface area contributed by atoms with E-state index in [9.17, 15) is 22.0 Å². The van der Waals surface area contributed by atoms with Gasteiger partial charge >= 0.3 is 6.18 Å². The zero-order valence-corrected chi connectivity index (χ0v) is 8.90. The van der Waals surface area contributed by atoms with Crippen molar-refractivity contribution in [1.29, 1.82) is 0 Å². The molecule has 0 bridgehead atoms. The molecule has 1 aromatic rings. The summed E-state index contributed by atoms with van der Waals surface area (Å²) in [6.45, 7) is 0.0553. The molecule has 96 valence electrons. The maximum Gasteiger partial charge on any atom is 0.390 e. The summed E-state index contributed by atoms with van der Waals surface area (Å²) in [5.41, 5.74) is 0.584. The van der Waals surface area contributed by atoms with Crippen LogP contribution in [0.15, 0.2) is 24.3 Å². The Morgan fingerprint density at radius 2 is 1.65 bits per heavy atom. The molecule has 1 N–H and O–H groups in total. The fraction of sp³-hybridized carbons (Fsp3) is 0.455. The van der Waals surface area contributed by atoms with Gasteiger partial charge in [-0.15, -0.1) is 0 Å². The summed E-state index contributed by atoms with van der Waals surface area (Å²) in [5, 5.41) is 2.60. The van der Waals surface area contributed by atoms with E-state index in [2.05, 4.69) is 5.32 Å². The molecule has 0 aliphatic heterocycles. The molecule has 1 rings (SSSR count). The summed E-state index contributed by atoms with van der Waals surface area (Å²) < 4.78 is 59.8. The Labute approximate surface area is 95.6 Å². The monoisotopic (exact) mass is 253 g/mol. The van der Waals surface area contributed by atoms with Crippen molar-refractivity contribution in [3.05, 3.63) is 35.4 Å². The van der Waals surface area contributed by atoms with Gasteiger partial charge in [-0.25, -0.2) is 8.78 Å². The van der Waals surface area contributed by atoms with Gasteiger partial charge in [0.2, 0.25) is 0 Å². The van der Waals surface area contributed by atoms with Crippen LogP contribution in [0.25, 0.3) is 0 Å². The van der Waals surface area contributed by atoms with Crippen LogP contribution in [-0.4, -0.2) is 12.7 Å². The zero-order chi connectivity index (χ0) is 12.9. The predicted octanol–water partition coefficient (Wildman–Crippen LogP) is 3.67. The van der Waals surface area contributed by atoms with E-state index < -0.39 is 19.0 Å². The fourth-order valence-corrected chi connectivity index (χ4v) is 1.24. The number of halogens is 5. The standard InChI is InChI=1S/C11H12F5N/c12-10(13)9-3-1-8(2-4-9)7-17-6-5-11(14,15)16/h1-4,10,17H,5-7H2. The molecule has 0 aromatic heterocycles. The van der Waals surface area contributed by atoms with Crippen molar-refractivity contribution in [2.75, 3.05) is 6.54 Å². The van der Waals surface area contributed by atoms with Gasteiger partial charge in [-0.2, -0.15) is 13.2 Å². The summed E-state index contributed by atoms with van der Waals surface area (Å²) in [5.74, 6) is 0. The molecule has 0 spiro atoms. The molecule has 17 heavy (non-hydrogen) atoms. The SMILES string of the molecule is FC(F)c1ccc(CNCCC(F)(F)F)cc1. The van der Waals surface area contributed by atoms with Crippen LogP contribution in [0.3, 0.4) is 0 Å². The fourth-order valence-electron chi connectivity index (χ4n) is 1.24. The molecule has 0 saturated heterocycles. The van der Waals surface area contributed by atoms with E-state index in [-0.39, 0.29) is 18.7 Å². The van der Waals surface area contributed by atoms with Crippen molar-refractivity contribution in [1.82, 2.24) is 5.32 Å². The summed E-state index contributed by atoms with van der Waals surface area (Å²) >= 11 is 0. The van der Waals surface area contributed by atoms with E-state index in [1.807, 2.05) is 0 Å². The second-order valence-electron chi connectivity index (χ2n) is 3.58. The largest absolute Gasteiger partial charge is 0.390 e. The highest BCUT2D eigenvalue weighted by Gasteiger charge is 2.25. The Bertz CT molecular complexity index is 331. The van der Waals surface area contributed by atoms with Gasteiger partial charge in [-0.1, -0.05) is 24.3 Å². The van der Waals surface area contributed by atoms with Crippen molar-refractivity contribution >= 4 is 0 Å². The predicted molar refractivity (Wildman–Crippen MR) is 53.8 cm³/mol. The van der Waals surface area contributed by atoms with Gasteiger partial charge in [-0.05, 0) is 5.56 Å². The van der Waals surface area contributed by atoms with Crippen LogP contribution < -0.4 is 5.32 Å². The van der Waals surface area contributed by atoms with Gasteiger partial charge in [-0.3, -0.25) is 0 Å². The van der Waals surface area contributed by atoms with Crippen LogP contribution in [0.2, 0.25) is 0 Å². The quantitative estimate of drug-likeness (QED) is 0.623. The average molecular weight is 253 g/mol. The van der Waals surface area contributed by atoms with Crippen molar-refractivity contribution in [2.45, 2.75) is 25.6 Å². The lowest BCUT2D eigenvalue weighted by atomic mass is 10.1. The third kappa shape index (κ3) is 5.63. The second kappa shape index (κ2) is 5.95. The number of hydrogen-bond acceptors (Lipinski definition) is 1. The molecule has 0 aliphatic rings. The first-order valence-electron chi connectivity index (χ1n) is 5.03. The average Bonchev–Trinajstić information content (AvgIpc) is 2.24. The van der Waals surface area contributed by atoms with E-state index >= 15 is 0 Å². The minimum absolute atomic E-state index is 0.0935. The number of nitrogens with one attached hydrogen (secondary N) is 1. The highest BCUT2D eigenvalue weighted by molar-refractivity contribution is 5.23. The summed E-state index contributed by atoms with van der Waals surface area (Å²) in [4.78, 5) is 0. The molecule has 0 aliphatic carbocycles. The van der Waals surface area contributed by atoms with E-state index in [4.69, 9.17) is 0 Å². The lowest BCUT2D eigenvalue weighted by Crippen LogP contribution is -2.21. The maximum atomic E-state index is 12.2. The van der Waals surface area contributed by atoms with Gasteiger partial charge in [0.15, 0.2) is 0 Å². The van der Waals surface area contributed by atoms with Gasteiger partial charge in [0.1, 0.15) is 0 Å². The van der Waals surface area contributed by atoms with Crippen molar-refractivity contribution in [2.24, 2.45) is 0 Å². The van der Waals surface area contributed by atoms with E-state index in [0.717, 1.165) is 0 Å². The van der Waals surface area contributed by atoms with Crippen LogP contribution in [0, 0.1) is 0 Å². The van der Waals surface area contributed by atoms with Gasteiger partial charge in [0, 0.05) is 18.7 Å². The molecule has 6 heteroatoms. The minimum atomic E-state index is -4.17. The van der Waals surface area contributed by atoms with E-state index in [1.54, 1.807) is 0 Å². The van der Waals surface area contributed by atoms with Gasteiger partial charge in [0.05, 0.1) is 6.42 Å². The summed E-state index contributed by atoms with van der Waals surface area (Å²) in [6.07, 6.45) is -7.60. The molecule has 0 amide bonds. The van der Waals surface area contributed by atoms with Crippen LogP contribution in [-0.2, 0) is 6.54 Å². The molecule has 0 unspecified atom stereocenters. The number of rotatable bonds is 5. The van der Waals surface area contributed by atoms with E-state index in [1.165, 1.54) is 24.3 Å². The topological polar surface area (TPSA) is 12.0 Å². The first-order chi connectivity index (χ1) is 7.88. The van der Waals surface area contributed by atoms with Crippen LogP contribution >= 0.6 is 0 Å². The lowest BCUT2D eigenvalue weighted by molar-refractivity contribution is -0.133. The summed E-state index contributed by atoms with van der Waals surface area (Å²) in [6, 6.07) is 5.49. The van der Waals surface area contributed by atoms with Crippen molar-refractivity contribution in [3.8, 4) is 0 Å². The molecule has 1 aromatic carbocycles. The van der Waals surface area contributed by atoms with E-state index in [0.29, 0.717) is 5.56 Å². The number of alkyl halides is 5. The summed E-state index contributed by atoms with van der Waals surface area (Å²) in [7, 11) is 0. The highest BCUT2D eigenvalue weighted by Crippen LogP contribution is 2.19. The molecule has 0 saturated carbocycles. The molecular formula is C11H12F5N. The van der Waals surface area contributed by atoms with Gasteiger partial charge in [0.25, 0.3) is 6.43 Å². The minimum Gasteiger partial charge on any atom is -0.312 e. The number of benzene rings is 1. The third-order valence-electron chi connectivity index (χ3n) is 2.15. The van der Waals surface area contributed by atoms with Crippen LogP contribution in [0.1, 0.15) is 24.0 Å². The Hall–Kier alpha value is -1.17. The highest BCUT2D eigenvalue weighted by atomic mass is 19.4. The third-order valence-corrected chi connectivity index (χ3v) is 2.15. The van der Waals surface area contributed by atoms with Crippen LogP contribution in [0.5, 0.6) is 0 Å². The Kier molecular flexibility index (Phi) is 4.86. The first kappa shape index (κ1) is 13.9. The molecular weight excluding hydrogens is 241 g/mol. The number of hydrogen-bond donors (Lipinski definition) is 1. The Morgan fingerprint density at radius 3 is 2.12 bits per heavy atom.